The largest absolute Gasteiger partial charge is 0.507 e. The number of ether oxygens (including phenoxy) is 1. The monoisotopic (exact) mass is 356 g/mol. The second-order valence-electron chi connectivity index (χ2n) is 4.21. The lowest BCUT2D eigenvalue weighted by molar-refractivity contribution is 0.411. The molecule has 0 unspecified atom stereocenters. The Morgan fingerprint density at radius 1 is 1.17 bits per heavy atom. The lowest BCUT2D eigenvalue weighted by atomic mass is 9.95. The van der Waals surface area contributed by atoms with Crippen LogP contribution >= 0.6 is 22.6 Å². The Morgan fingerprint density at radius 2 is 1.83 bits per heavy atom. The summed E-state index contributed by atoms with van der Waals surface area (Å²) in [5.41, 5.74) is 2.12. The molecule has 96 valence electrons. The van der Waals surface area contributed by atoms with Crippen LogP contribution in [0.25, 0.3) is 10.8 Å². The van der Waals surface area contributed by atoms with Crippen LogP contribution in [0.2, 0.25) is 0 Å². The Hall–Kier alpha value is -0.970. The number of aromatic hydroxyl groups is 1. The van der Waals surface area contributed by atoms with Crippen molar-refractivity contribution in [2.24, 2.45) is 0 Å². The fraction of sp³-hybridized carbons (Fsp3) is 0.333. The predicted molar refractivity (Wildman–Crippen MR) is 83.6 cm³/mol. The van der Waals surface area contributed by atoms with Gasteiger partial charge in [-0.2, -0.15) is 0 Å². The second-order valence-corrected chi connectivity index (χ2v) is 5.37. The fourth-order valence-electron chi connectivity index (χ4n) is 2.53. The van der Waals surface area contributed by atoms with Crippen LogP contribution in [0.15, 0.2) is 18.2 Å². The number of rotatable bonds is 3. The number of methoxy groups -OCH3 is 1. The third kappa shape index (κ3) is 1.94. The van der Waals surface area contributed by atoms with Crippen LogP contribution in [-0.4, -0.2) is 12.2 Å². The van der Waals surface area contributed by atoms with Crippen LogP contribution in [0.1, 0.15) is 25.0 Å². The molecule has 0 fully saturated rings. The molecule has 0 aliphatic rings. The summed E-state index contributed by atoms with van der Waals surface area (Å²) in [5.74, 6) is 1.32. The van der Waals surface area contributed by atoms with E-state index in [-0.39, 0.29) is 0 Å². The maximum Gasteiger partial charge on any atom is 0.131 e. The number of hydrogen-bond acceptors (Lipinski definition) is 2. The van der Waals surface area contributed by atoms with Gasteiger partial charge in [0, 0.05) is 25.5 Å². The highest BCUT2D eigenvalue weighted by Gasteiger charge is 2.18. The van der Waals surface area contributed by atoms with Crippen LogP contribution in [0.3, 0.4) is 0 Å². The van der Waals surface area contributed by atoms with Crippen molar-refractivity contribution in [3.05, 3.63) is 32.9 Å². The van der Waals surface area contributed by atoms with E-state index in [1.807, 2.05) is 18.2 Å². The first-order chi connectivity index (χ1) is 8.65. The zero-order valence-corrected chi connectivity index (χ0v) is 13.0. The highest BCUT2D eigenvalue weighted by Crippen LogP contribution is 2.42. The van der Waals surface area contributed by atoms with Gasteiger partial charge in [0.2, 0.25) is 0 Å². The van der Waals surface area contributed by atoms with Crippen molar-refractivity contribution in [2.75, 3.05) is 7.11 Å². The molecule has 18 heavy (non-hydrogen) atoms. The summed E-state index contributed by atoms with van der Waals surface area (Å²) in [7, 11) is 1.70. The molecule has 2 rings (SSSR count). The molecule has 0 heterocycles. The molecule has 1 N–H and O–H groups in total. The van der Waals surface area contributed by atoms with Gasteiger partial charge in [0.15, 0.2) is 0 Å². The topological polar surface area (TPSA) is 29.5 Å². The second kappa shape index (κ2) is 5.34. The number of fused-ring (bicyclic) bond motifs is 1. The molecular weight excluding hydrogens is 339 g/mol. The molecule has 0 amide bonds. The molecule has 0 saturated heterocycles. The number of phenols is 1. The first-order valence-electron chi connectivity index (χ1n) is 6.14. The lowest BCUT2D eigenvalue weighted by Gasteiger charge is -2.18. The van der Waals surface area contributed by atoms with Crippen LogP contribution < -0.4 is 4.74 Å². The summed E-state index contributed by atoms with van der Waals surface area (Å²) in [6.07, 6.45) is 1.67. The van der Waals surface area contributed by atoms with Crippen molar-refractivity contribution >= 4 is 33.4 Å². The summed E-state index contributed by atoms with van der Waals surface area (Å²) in [4.78, 5) is 0. The Balaban J connectivity index is 3.01. The summed E-state index contributed by atoms with van der Waals surface area (Å²) in [5, 5.41) is 12.3. The van der Waals surface area contributed by atoms with Crippen molar-refractivity contribution in [1.29, 1.82) is 0 Å². The number of hydrogen-bond donors (Lipinski definition) is 1. The van der Waals surface area contributed by atoms with Crippen LogP contribution in [0.4, 0.5) is 0 Å². The van der Waals surface area contributed by atoms with E-state index in [1.165, 1.54) is 0 Å². The summed E-state index contributed by atoms with van der Waals surface area (Å²) < 4.78 is 6.72. The van der Waals surface area contributed by atoms with Gasteiger partial charge in [-0.25, -0.2) is 0 Å². The number of benzene rings is 2. The summed E-state index contributed by atoms with van der Waals surface area (Å²) >= 11 is 2.29. The average Bonchev–Trinajstić information content (AvgIpc) is 2.39. The van der Waals surface area contributed by atoms with Crippen LogP contribution in [-0.2, 0) is 12.8 Å². The van der Waals surface area contributed by atoms with Gasteiger partial charge in [-0.15, -0.1) is 0 Å². The predicted octanol–water partition coefficient (Wildman–Crippen LogP) is 4.28. The molecule has 0 aliphatic carbocycles. The molecule has 2 aromatic rings. The normalized spacial score (nSPS) is 10.9. The van der Waals surface area contributed by atoms with Crippen molar-refractivity contribution < 1.29 is 9.84 Å². The van der Waals surface area contributed by atoms with Gasteiger partial charge in [-0.1, -0.05) is 26.0 Å². The van der Waals surface area contributed by atoms with Crippen molar-refractivity contribution in [3.63, 3.8) is 0 Å². The van der Waals surface area contributed by atoms with Crippen molar-refractivity contribution in [2.45, 2.75) is 26.7 Å². The van der Waals surface area contributed by atoms with Gasteiger partial charge in [-0.05, 0) is 41.5 Å². The highest BCUT2D eigenvalue weighted by atomic mass is 127. The molecular formula is C15H17IO2. The third-order valence-corrected chi connectivity index (χ3v) is 4.23. The summed E-state index contributed by atoms with van der Waals surface area (Å²) in [6.45, 7) is 4.16. The molecule has 3 heteroatoms. The fourth-order valence-corrected chi connectivity index (χ4v) is 3.27. The minimum Gasteiger partial charge on any atom is -0.507 e. The van der Waals surface area contributed by atoms with E-state index in [2.05, 4.69) is 36.4 Å². The van der Waals surface area contributed by atoms with E-state index in [9.17, 15) is 5.11 Å². The third-order valence-electron chi connectivity index (χ3n) is 3.33. The van der Waals surface area contributed by atoms with E-state index >= 15 is 0 Å². The lowest BCUT2D eigenvalue weighted by Crippen LogP contribution is -2.00. The zero-order valence-electron chi connectivity index (χ0n) is 10.9. The van der Waals surface area contributed by atoms with Gasteiger partial charge in [0.1, 0.15) is 11.5 Å². The minimum absolute atomic E-state index is 0.406. The Kier molecular flexibility index (Phi) is 4.00. The quantitative estimate of drug-likeness (QED) is 0.832. The Labute approximate surface area is 121 Å². The first kappa shape index (κ1) is 13.5. The molecule has 0 saturated carbocycles. The standard InChI is InChI=1S/C15H17IO2/c1-4-9-10(5-2)15(18-3)13-11(14(9)17)7-6-8-12(13)16/h6-8,17H,4-5H2,1-3H3. The Morgan fingerprint density at radius 3 is 2.39 bits per heavy atom. The molecule has 0 aliphatic heterocycles. The number of phenolic OH excluding ortho intramolecular Hbond substituents is 1. The SMILES string of the molecule is CCc1c(CC)c(OC)c2c(I)cccc2c1O. The molecule has 2 nitrogen and oxygen atoms in total. The molecule has 0 radical (unpaired) electrons. The maximum atomic E-state index is 10.4. The van der Waals surface area contributed by atoms with E-state index in [4.69, 9.17) is 4.74 Å². The summed E-state index contributed by atoms with van der Waals surface area (Å²) in [6, 6.07) is 5.96. The molecule has 0 aromatic heterocycles. The number of halogens is 1. The van der Waals surface area contributed by atoms with Crippen molar-refractivity contribution in [1.82, 2.24) is 0 Å². The van der Waals surface area contributed by atoms with Gasteiger partial charge >= 0.3 is 0 Å². The maximum absolute atomic E-state index is 10.4. The van der Waals surface area contributed by atoms with E-state index in [1.54, 1.807) is 7.11 Å². The highest BCUT2D eigenvalue weighted by molar-refractivity contribution is 14.1. The van der Waals surface area contributed by atoms with E-state index in [0.717, 1.165) is 44.1 Å². The molecule has 0 spiro atoms. The molecule has 0 atom stereocenters. The van der Waals surface area contributed by atoms with Crippen molar-refractivity contribution in [3.8, 4) is 11.5 Å². The zero-order chi connectivity index (χ0) is 13.3. The smallest absolute Gasteiger partial charge is 0.131 e. The average molecular weight is 356 g/mol. The molecule has 0 bridgehead atoms. The van der Waals surface area contributed by atoms with E-state index in [0.29, 0.717) is 5.75 Å². The van der Waals surface area contributed by atoms with Crippen LogP contribution in [0.5, 0.6) is 11.5 Å². The van der Waals surface area contributed by atoms with Gasteiger partial charge < -0.3 is 9.84 Å². The van der Waals surface area contributed by atoms with Gasteiger partial charge in [-0.3, -0.25) is 0 Å². The molecule has 2 aromatic carbocycles. The first-order valence-corrected chi connectivity index (χ1v) is 7.22. The van der Waals surface area contributed by atoms with Crippen LogP contribution in [0, 0.1) is 3.57 Å². The van der Waals surface area contributed by atoms with Gasteiger partial charge in [0.25, 0.3) is 0 Å². The van der Waals surface area contributed by atoms with E-state index < -0.39 is 0 Å². The van der Waals surface area contributed by atoms with Gasteiger partial charge in [0.05, 0.1) is 7.11 Å². The Bertz CT molecular complexity index is 591. The minimum atomic E-state index is 0.406.